The van der Waals surface area contributed by atoms with Gasteiger partial charge in [0, 0.05) is 22.9 Å². The zero-order valence-electron chi connectivity index (χ0n) is 8.63. The van der Waals surface area contributed by atoms with Crippen LogP contribution >= 0.6 is 22.6 Å². The van der Waals surface area contributed by atoms with Crippen LogP contribution in [0.5, 0.6) is 0 Å². The first-order valence-corrected chi connectivity index (χ1v) is 5.95. The third-order valence-corrected chi connectivity index (χ3v) is 2.73. The Morgan fingerprint density at radius 1 is 1.57 bits per heavy atom. The minimum atomic E-state index is -0.243. The molecule has 0 aliphatic carbocycles. The SMILES string of the molecule is COC(=O)c1c(C)cn(CCI)c1C. The van der Waals surface area contributed by atoms with E-state index in [1.54, 1.807) is 0 Å². The minimum Gasteiger partial charge on any atom is -0.465 e. The van der Waals surface area contributed by atoms with Gasteiger partial charge in [0.1, 0.15) is 0 Å². The maximum Gasteiger partial charge on any atom is 0.339 e. The molecule has 1 aromatic heterocycles. The third kappa shape index (κ3) is 2.10. The number of carbonyl (C=O) groups excluding carboxylic acids is 1. The molecule has 0 saturated carbocycles. The van der Waals surface area contributed by atoms with Gasteiger partial charge in [0.25, 0.3) is 0 Å². The summed E-state index contributed by atoms with van der Waals surface area (Å²) in [7, 11) is 1.41. The highest BCUT2D eigenvalue weighted by molar-refractivity contribution is 14.1. The molecule has 0 radical (unpaired) electrons. The molecule has 1 aromatic rings. The summed E-state index contributed by atoms with van der Waals surface area (Å²) in [5.41, 5.74) is 2.68. The quantitative estimate of drug-likeness (QED) is 0.487. The summed E-state index contributed by atoms with van der Waals surface area (Å²) in [6, 6.07) is 0. The lowest BCUT2D eigenvalue weighted by atomic mass is 10.2. The van der Waals surface area contributed by atoms with Crippen molar-refractivity contribution in [3.05, 3.63) is 23.0 Å². The number of alkyl halides is 1. The normalized spacial score (nSPS) is 10.3. The number of carbonyl (C=O) groups is 1. The van der Waals surface area contributed by atoms with E-state index in [4.69, 9.17) is 4.74 Å². The van der Waals surface area contributed by atoms with Crippen LogP contribution in [-0.4, -0.2) is 22.1 Å². The molecule has 0 unspecified atom stereocenters. The van der Waals surface area contributed by atoms with Crippen molar-refractivity contribution in [2.75, 3.05) is 11.5 Å². The molecule has 0 atom stereocenters. The van der Waals surface area contributed by atoms with E-state index >= 15 is 0 Å². The number of hydrogen-bond acceptors (Lipinski definition) is 2. The van der Waals surface area contributed by atoms with Crippen LogP contribution in [-0.2, 0) is 11.3 Å². The van der Waals surface area contributed by atoms with E-state index in [1.165, 1.54) is 7.11 Å². The molecular formula is C10H14INO2. The van der Waals surface area contributed by atoms with Gasteiger partial charge in [0.2, 0.25) is 0 Å². The maximum atomic E-state index is 11.4. The smallest absolute Gasteiger partial charge is 0.339 e. The summed E-state index contributed by atoms with van der Waals surface area (Å²) < 4.78 is 7.86. The van der Waals surface area contributed by atoms with Crippen LogP contribution in [0.1, 0.15) is 21.6 Å². The van der Waals surface area contributed by atoms with Gasteiger partial charge in [-0.15, -0.1) is 0 Å². The molecule has 0 aromatic carbocycles. The van der Waals surface area contributed by atoms with E-state index < -0.39 is 0 Å². The van der Waals surface area contributed by atoms with E-state index in [0.717, 1.165) is 22.2 Å². The van der Waals surface area contributed by atoms with Crippen LogP contribution in [0.3, 0.4) is 0 Å². The number of rotatable bonds is 3. The Morgan fingerprint density at radius 3 is 2.71 bits per heavy atom. The predicted molar refractivity (Wildman–Crippen MR) is 64.1 cm³/mol. The Bertz CT molecular complexity index is 344. The zero-order chi connectivity index (χ0) is 10.7. The van der Waals surface area contributed by atoms with Crippen LogP contribution in [0.2, 0.25) is 0 Å². The van der Waals surface area contributed by atoms with Crippen LogP contribution in [0.4, 0.5) is 0 Å². The van der Waals surface area contributed by atoms with Crippen LogP contribution in [0, 0.1) is 13.8 Å². The fourth-order valence-corrected chi connectivity index (χ4v) is 2.08. The zero-order valence-corrected chi connectivity index (χ0v) is 10.8. The number of hydrogen-bond donors (Lipinski definition) is 0. The second-order valence-electron chi connectivity index (χ2n) is 3.15. The maximum absolute atomic E-state index is 11.4. The van der Waals surface area contributed by atoms with Gasteiger partial charge in [0.15, 0.2) is 0 Å². The highest BCUT2D eigenvalue weighted by Gasteiger charge is 2.16. The van der Waals surface area contributed by atoms with Crippen molar-refractivity contribution in [3.8, 4) is 0 Å². The lowest BCUT2D eigenvalue weighted by molar-refractivity contribution is 0.0599. The van der Waals surface area contributed by atoms with Crippen molar-refractivity contribution in [1.29, 1.82) is 0 Å². The first kappa shape index (κ1) is 11.6. The van der Waals surface area contributed by atoms with E-state index in [9.17, 15) is 4.79 Å². The molecule has 0 fully saturated rings. The van der Waals surface area contributed by atoms with E-state index in [0.29, 0.717) is 5.56 Å². The van der Waals surface area contributed by atoms with Gasteiger partial charge in [-0.3, -0.25) is 0 Å². The number of esters is 1. The molecule has 0 amide bonds. The Kier molecular flexibility index (Phi) is 3.97. The van der Waals surface area contributed by atoms with Crippen molar-refractivity contribution in [1.82, 2.24) is 4.57 Å². The Morgan fingerprint density at radius 2 is 2.21 bits per heavy atom. The first-order chi connectivity index (χ1) is 6.61. The lowest BCUT2D eigenvalue weighted by Crippen LogP contribution is -2.06. The van der Waals surface area contributed by atoms with Crippen LogP contribution < -0.4 is 0 Å². The fourth-order valence-electron chi connectivity index (χ4n) is 1.56. The van der Waals surface area contributed by atoms with Crippen molar-refractivity contribution >= 4 is 28.6 Å². The standard InChI is InChI=1S/C10H14INO2/c1-7-6-12(5-4-11)8(2)9(7)10(13)14-3/h6H,4-5H2,1-3H3. The first-order valence-electron chi connectivity index (χ1n) is 4.42. The molecule has 14 heavy (non-hydrogen) atoms. The molecule has 0 bridgehead atoms. The number of aryl methyl sites for hydroxylation is 2. The molecule has 0 saturated heterocycles. The second kappa shape index (κ2) is 4.82. The van der Waals surface area contributed by atoms with Gasteiger partial charge in [-0.2, -0.15) is 0 Å². The molecule has 3 nitrogen and oxygen atoms in total. The summed E-state index contributed by atoms with van der Waals surface area (Å²) >= 11 is 2.32. The lowest BCUT2D eigenvalue weighted by Gasteiger charge is -2.03. The molecule has 0 spiro atoms. The molecule has 0 aliphatic rings. The fraction of sp³-hybridized carbons (Fsp3) is 0.500. The summed E-state index contributed by atoms with van der Waals surface area (Å²) in [5, 5.41) is 0. The van der Waals surface area contributed by atoms with Gasteiger partial charge in [-0.25, -0.2) is 4.79 Å². The number of halogens is 1. The van der Waals surface area contributed by atoms with Gasteiger partial charge in [0.05, 0.1) is 12.7 Å². The highest BCUT2D eigenvalue weighted by atomic mass is 127. The topological polar surface area (TPSA) is 31.2 Å². The molecule has 0 aliphatic heterocycles. The average Bonchev–Trinajstić information content (AvgIpc) is 2.42. The molecule has 1 rings (SSSR count). The number of ether oxygens (including phenoxy) is 1. The summed E-state index contributed by atoms with van der Waals surface area (Å²) in [6.07, 6.45) is 2.00. The van der Waals surface area contributed by atoms with Crippen molar-refractivity contribution in [2.24, 2.45) is 0 Å². The van der Waals surface area contributed by atoms with E-state index in [1.807, 2.05) is 20.0 Å². The van der Waals surface area contributed by atoms with Crippen molar-refractivity contribution in [3.63, 3.8) is 0 Å². The largest absolute Gasteiger partial charge is 0.465 e. The summed E-state index contributed by atoms with van der Waals surface area (Å²) in [5.74, 6) is -0.243. The molecule has 78 valence electrons. The second-order valence-corrected chi connectivity index (χ2v) is 4.23. The van der Waals surface area contributed by atoms with E-state index in [2.05, 4.69) is 27.2 Å². The van der Waals surface area contributed by atoms with E-state index in [-0.39, 0.29) is 5.97 Å². The van der Waals surface area contributed by atoms with Crippen molar-refractivity contribution in [2.45, 2.75) is 20.4 Å². The van der Waals surface area contributed by atoms with Crippen LogP contribution in [0.25, 0.3) is 0 Å². The van der Waals surface area contributed by atoms with Crippen molar-refractivity contribution < 1.29 is 9.53 Å². The molecule has 1 heterocycles. The average molecular weight is 307 g/mol. The predicted octanol–water partition coefficient (Wildman–Crippen LogP) is 2.33. The molecule has 4 heteroatoms. The summed E-state index contributed by atoms with van der Waals surface area (Å²) in [4.78, 5) is 11.4. The summed E-state index contributed by atoms with van der Waals surface area (Å²) in [6.45, 7) is 4.82. The minimum absolute atomic E-state index is 0.243. The molecule has 0 N–H and O–H groups in total. The highest BCUT2D eigenvalue weighted by Crippen LogP contribution is 2.17. The van der Waals surface area contributed by atoms with Crippen LogP contribution in [0.15, 0.2) is 6.20 Å². The number of aromatic nitrogens is 1. The Balaban J connectivity index is 3.11. The van der Waals surface area contributed by atoms with Gasteiger partial charge >= 0.3 is 5.97 Å². The number of nitrogens with zero attached hydrogens (tertiary/aromatic N) is 1. The molecular weight excluding hydrogens is 293 g/mol. The Labute approximate surface area is 97.6 Å². The Hall–Kier alpha value is -0.520. The third-order valence-electron chi connectivity index (χ3n) is 2.25. The monoisotopic (exact) mass is 307 g/mol. The van der Waals surface area contributed by atoms with Gasteiger partial charge < -0.3 is 9.30 Å². The van der Waals surface area contributed by atoms with Gasteiger partial charge in [-0.1, -0.05) is 22.6 Å². The number of methoxy groups -OCH3 is 1. The van der Waals surface area contributed by atoms with Gasteiger partial charge in [-0.05, 0) is 19.4 Å².